The highest BCUT2D eigenvalue weighted by Gasteiger charge is 2.10. The van der Waals surface area contributed by atoms with Gasteiger partial charge in [-0.25, -0.2) is 0 Å². The van der Waals surface area contributed by atoms with Gasteiger partial charge in [0.1, 0.15) is 0 Å². The smallest absolute Gasteiger partial charge is 0.220 e. The fourth-order valence-corrected chi connectivity index (χ4v) is 1.82. The molecule has 0 aliphatic carbocycles. The van der Waals surface area contributed by atoms with Crippen LogP contribution < -0.4 is 5.43 Å². The Labute approximate surface area is 120 Å². The average molecular weight is 317 g/mol. The number of aryl methyl sites for hydroxylation is 1. The lowest BCUT2D eigenvalue weighted by atomic mass is 10.1. The number of nitrogens with zero attached hydrogens (tertiary/aromatic N) is 1. The van der Waals surface area contributed by atoms with Crippen molar-refractivity contribution in [2.24, 2.45) is 5.10 Å². The Morgan fingerprint density at radius 1 is 1.05 bits per heavy atom. The molecule has 3 nitrogen and oxygen atoms in total. The lowest BCUT2D eigenvalue weighted by Gasteiger charge is -2.02. The third-order valence-corrected chi connectivity index (χ3v) is 3.10. The Balaban J connectivity index is 2.07. The van der Waals surface area contributed by atoms with Gasteiger partial charge in [-0.15, -0.1) is 0 Å². The minimum Gasteiger partial charge on any atom is -0.286 e. The SMILES string of the molecule is Cc1ccc(N/N=C(\Br)C(=O)c2ccccc2)cc1. The maximum absolute atomic E-state index is 12.0. The molecule has 0 saturated carbocycles. The molecule has 0 atom stereocenters. The van der Waals surface area contributed by atoms with Gasteiger partial charge in [-0.3, -0.25) is 10.2 Å². The number of anilines is 1. The molecule has 0 spiro atoms. The number of Topliss-reactive ketones (excluding diaryl/α,β-unsaturated/α-hetero) is 1. The van der Waals surface area contributed by atoms with Crippen molar-refractivity contribution in [3.8, 4) is 0 Å². The van der Waals surface area contributed by atoms with Crippen LogP contribution >= 0.6 is 15.9 Å². The quantitative estimate of drug-likeness (QED) is 0.526. The largest absolute Gasteiger partial charge is 0.286 e. The molecule has 2 aromatic rings. The Kier molecular flexibility index (Phi) is 4.47. The molecular formula is C15H13BrN2O. The highest BCUT2D eigenvalue weighted by Crippen LogP contribution is 2.10. The summed E-state index contributed by atoms with van der Waals surface area (Å²) in [6.45, 7) is 2.02. The number of hydrogen-bond donors (Lipinski definition) is 1. The number of ketones is 1. The van der Waals surface area contributed by atoms with Crippen LogP contribution in [-0.2, 0) is 0 Å². The first-order chi connectivity index (χ1) is 9.16. The van der Waals surface area contributed by atoms with Gasteiger partial charge in [0.05, 0.1) is 5.69 Å². The summed E-state index contributed by atoms with van der Waals surface area (Å²) in [6, 6.07) is 16.8. The van der Waals surface area contributed by atoms with E-state index in [2.05, 4.69) is 26.5 Å². The Morgan fingerprint density at radius 3 is 2.32 bits per heavy atom. The van der Waals surface area contributed by atoms with Gasteiger partial charge in [0.15, 0.2) is 4.62 Å². The standard InChI is InChI=1S/C15H13BrN2O/c1-11-7-9-13(10-8-11)17-18-15(16)14(19)12-5-3-2-4-6-12/h2-10,17H,1H3/b18-15-. The molecular weight excluding hydrogens is 304 g/mol. The zero-order valence-electron chi connectivity index (χ0n) is 10.4. The fraction of sp³-hybridized carbons (Fsp3) is 0.0667. The molecule has 96 valence electrons. The Morgan fingerprint density at radius 2 is 1.68 bits per heavy atom. The maximum Gasteiger partial charge on any atom is 0.220 e. The van der Waals surface area contributed by atoms with Crippen molar-refractivity contribution in [3.63, 3.8) is 0 Å². The number of carbonyl (C=O) groups excluding carboxylic acids is 1. The van der Waals surface area contributed by atoms with Crippen molar-refractivity contribution in [1.29, 1.82) is 0 Å². The van der Waals surface area contributed by atoms with Crippen molar-refractivity contribution in [1.82, 2.24) is 0 Å². The third kappa shape index (κ3) is 3.76. The van der Waals surface area contributed by atoms with E-state index in [0.29, 0.717) is 5.56 Å². The van der Waals surface area contributed by atoms with Gasteiger partial charge >= 0.3 is 0 Å². The van der Waals surface area contributed by atoms with E-state index in [0.717, 1.165) is 5.69 Å². The van der Waals surface area contributed by atoms with Gasteiger partial charge in [0.2, 0.25) is 5.78 Å². The van der Waals surface area contributed by atoms with Crippen LogP contribution in [-0.4, -0.2) is 10.4 Å². The predicted octanol–water partition coefficient (Wildman–Crippen LogP) is 4.00. The average Bonchev–Trinajstić information content (AvgIpc) is 2.46. The number of hydrazone groups is 1. The molecule has 0 amide bonds. The van der Waals surface area contributed by atoms with Crippen LogP contribution in [0.2, 0.25) is 0 Å². The van der Waals surface area contributed by atoms with Crippen LogP contribution in [0.5, 0.6) is 0 Å². The zero-order chi connectivity index (χ0) is 13.7. The summed E-state index contributed by atoms with van der Waals surface area (Å²) in [5.74, 6) is -0.153. The Hall–Kier alpha value is -1.94. The van der Waals surface area contributed by atoms with Crippen molar-refractivity contribution in [2.75, 3.05) is 5.43 Å². The summed E-state index contributed by atoms with van der Waals surface area (Å²) < 4.78 is 0.249. The van der Waals surface area contributed by atoms with Gasteiger partial charge in [0.25, 0.3) is 0 Å². The number of nitrogens with one attached hydrogen (secondary N) is 1. The van der Waals surface area contributed by atoms with E-state index in [9.17, 15) is 4.79 Å². The summed E-state index contributed by atoms with van der Waals surface area (Å²) in [5, 5.41) is 4.03. The van der Waals surface area contributed by atoms with Gasteiger partial charge < -0.3 is 0 Å². The van der Waals surface area contributed by atoms with Crippen LogP contribution in [0, 0.1) is 6.92 Å². The number of carbonyl (C=O) groups is 1. The van der Waals surface area contributed by atoms with E-state index in [1.54, 1.807) is 12.1 Å². The van der Waals surface area contributed by atoms with E-state index in [1.807, 2.05) is 49.4 Å². The van der Waals surface area contributed by atoms with Crippen molar-refractivity contribution >= 4 is 32.0 Å². The number of hydrogen-bond acceptors (Lipinski definition) is 3. The molecule has 1 N–H and O–H groups in total. The molecule has 19 heavy (non-hydrogen) atoms. The fourth-order valence-electron chi connectivity index (χ4n) is 1.50. The van der Waals surface area contributed by atoms with Crippen molar-refractivity contribution < 1.29 is 4.79 Å². The van der Waals surface area contributed by atoms with E-state index in [4.69, 9.17) is 0 Å². The van der Waals surface area contributed by atoms with Crippen LogP contribution in [0.3, 0.4) is 0 Å². The maximum atomic E-state index is 12.0. The first-order valence-electron chi connectivity index (χ1n) is 5.82. The predicted molar refractivity (Wildman–Crippen MR) is 81.9 cm³/mol. The second kappa shape index (κ2) is 6.29. The molecule has 0 bridgehead atoms. The van der Waals surface area contributed by atoms with Crippen molar-refractivity contribution in [2.45, 2.75) is 6.92 Å². The molecule has 0 aliphatic rings. The topological polar surface area (TPSA) is 41.5 Å². The first kappa shape index (κ1) is 13.5. The van der Waals surface area contributed by atoms with Gasteiger partial charge in [-0.1, -0.05) is 48.0 Å². The third-order valence-electron chi connectivity index (χ3n) is 2.56. The van der Waals surface area contributed by atoms with E-state index >= 15 is 0 Å². The molecule has 4 heteroatoms. The lowest BCUT2D eigenvalue weighted by Crippen LogP contribution is -2.09. The van der Waals surface area contributed by atoms with E-state index < -0.39 is 0 Å². The summed E-state index contributed by atoms with van der Waals surface area (Å²) >= 11 is 3.19. The first-order valence-corrected chi connectivity index (χ1v) is 6.62. The molecule has 0 radical (unpaired) electrons. The van der Waals surface area contributed by atoms with Crippen LogP contribution in [0.4, 0.5) is 5.69 Å². The van der Waals surface area contributed by atoms with Crippen LogP contribution in [0.15, 0.2) is 59.7 Å². The highest BCUT2D eigenvalue weighted by atomic mass is 79.9. The molecule has 0 unspecified atom stereocenters. The van der Waals surface area contributed by atoms with Crippen LogP contribution in [0.25, 0.3) is 0 Å². The summed E-state index contributed by atoms with van der Waals surface area (Å²) in [7, 11) is 0. The minimum absolute atomic E-state index is 0.153. The molecule has 0 aromatic heterocycles. The Bertz CT molecular complexity index is 591. The molecule has 2 rings (SSSR count). The van der Waals surface area contributed by atoms with Crippen molar-refractivity contribution in [3.05, 3.63) is 65.7 Å². The highest BCUT2D eigenvalue weighted by molar-refractivity contribution is 9.19. The summed E-state index contributed by atoms with van der Waals surface area (Å²) in [5.41, 5.74) is 5.45. The number of rotatable bonds is 4. The minimum atomic E-state index is -0.153. The van der Waals surface area contributed by atoms with Gasteiger partial charge in [-0.2, -0.15) is 5.10 Å². The second-order valence-electron chi connectivity index (χ2n) is 4.08. The molecule has 0 saturated heterocycles. The lowest BCUT2D eigenvalue weighted by molar-refractivity contribution is 0.106. The normalized spacial score (nSPS) is 11.2. The molecule has 0 heterocycles. The van der Waals surface area contributed by atoms with E-state index in [1.165, 1.54) is 5.56 Å². The van der Waals surface area contributed by atoms with Gasteiger partial charge in [-0.05, 0) is 35.0 Å². The van der Waals surface area contributed by atoms with Crippen LogP contribution in [0.1, 0.15) is 15.9 Å². The second-order valence-corrected chi connectivity index (χ2v) is 4.83. The van der Waals surface area contributed by atoms with E-state index in [-0.39, 0.29) is 10.4 Å². The molecule has 0 aliphatic heterocycles. The molecule has 0 fully saturated rings. The molecule has 2 aromatic carbocycles. The zero-order valence-corrected chi connectivity index (χ0v) is 12.0. The number of halogens is 1. The monoisotopic (exact) mass is 316 g/mol. The van der Waals surface area contributed by atoms with Gasteiger partial charge in [0, 0.05) is 5.56 Å². The summed E-state index contributed by atoms with van der Waals surface area (Å²) in [4.78, 5) is 12.0. The summed E-state index contributed by atoms with van der Waals surface area (Å²) in [6.07, 6.45) is 0. The number of benzene rings is 2.